The van der Waals surface area contributed by atoms with Gasteiger partial charge in [0.25, 0.3) is 5.91 Å². The summed E-state index contributed by atoms with van der Waals surface area (Å²) >= 11 is 0. The Morgan fingerprint density at radius 2 is 2.03 bits per heavy atom. The number of amides is 1. The van der Waals surface area contributed by atoms with Crippen molar-refractivity contribution >= 4 is 22.9 Å². The number of anilines is 1. The summed E-state index contributed by atoms with van der Waals surface area (Å²) in [4.78, 5) is 20.2. The standard InChI is InChI=1S/C21H19F2N5O2/c1-24-20(29)18-11-14(7-8-25-18)30-13-4-6-19-17(10-13)27-21(28(19)2)26-16-5-3-12(22)9-15(16)23/h3-11,15-16H,1-2H3,(H,24,29)(H,26,27). The van der Waals surface area contributed by atoms with Crippen LogP contribution in [0.5, 0.6) is 11.5 Å². The van der Waals surface area contributed by atoms with E-state index in [1.807, 2.05) is 6.07 Å². The number of nitrogens with zero attached hydrogens (tertiary/aromatic N) is 3. The number of pyridine rings is 1. The van der Waals surface area contributed by atoms with E-state index in [9.17, 15) is 13.6 Å². The van der Waals surface area contributed by atoms with Crippen molar-refractivity contribution in [3.05, 3.63) is 66.3 Å². The number of carbonyl (C=O) groups excluding carboxylic acids is 1. The van der Waals surface area contributed by atoms with Crippen molar-refractivity contribution in [1.82, 2.24) is 19.9 Å². The van der Waals surface area contributed by atoms with Crippen LogP contribution in [0.1, 0.15) is 10.5 Å². The number of imidazole rings is 1. The quantitative estimate of drug-likeness (QED) is 0.670. The molecule has 0 fully saturated rings. The second-order valence-corrected chi connectivity index (χ2v) is 6.73. The van der Waals surface area contributed by atoms with Crippen LogP contribution in [0.25, 0.3) is 11.0 Å². The molecule has 0 spiro atoms. The molecule has 1 aliphatic rings. The van der Waals surface area contributed by atoms with Crippen LogP contribution in [0.15, 0.2) is 60.6 Å². The van der Waals surface area contributed by atoms with E-state index in [4.69, 9.17) is 4.74 Å². The third-order valence-electron chi connectivity index (χ3n) is 4.70. The Morgan fingerprint density at radius 3 is 2.80 bits per heavy atom. The summed E-state index contributed by atoms with van der Waals surface area (Å²) in [5.74, 6) is 0.517. The maximum atomic E-state index is 14.1. The lowest BCUT2D eigenvalue weighted by Crippen LogP contribution is -2.30. The molecule has 2 aromatic heterocycles. The lowest BCUT2D eigenvalue weighted by Gasteiger charge is -2.20. The second-order valence-electron chi connectivity index (χ2n) is 6.73. The van der Waals surface area contributed by atoms with Gasteiger partial charge >= 0.3 is 0 Å². The van der Waals surface area contributed by atoms with Crippen LogP contribution in [0.4, 0.5) is 14.7 Å². The molecule has 154 valence electrons. The molecule has 1 aliphatic carbocycles. The highest BCUT2D eigenvalue weighted by Gasteiger charge is 2.22. The number of halogens is 2. The zero-order valence-electron chi connectivity index (χ0n) is 16.3. The van der Waals surface area contributed by atoms with Crippen LogP contribution < -0.4 is 15.4 Å². The van der Waals surface area contributed by atoms with E-state index in [0.29, 0.717) is 23.0 Å². The van der Waals surface area contributed by atoms with E-state index in [-0.39, 0.29) is 11.6 Å². The predicted octanol–water partition coefficient (Wildman–Crippen LogP) is 3.66. The number of ether oxygens (including phenoxy) is 1. The van der Waals surface area contributed by atoms with Gasteiger partial charge in [0.1, 0.15) is 29.2 Å². The highest BCUT2D eigenvalue weighted by Crippen LogP contribution is 2.28. The summed E-state index contributed by atoms with van der Waals surface area (Å²) < 4.78 is 34.8. The Balaban J connectivity index is 1.57. The number of alkyl halides is 1. The molecule has 2 N–H and O–H groups in total. The van der Waals surface area contributed by atoms with Crippen molar-refractivity contribution in [2.45, 2.75) is 12.2 Å². The average Bonchev–Trinajstić information content (AvgIpc) is 3.04. The van der Waals surface area contributed by atoms with E-state index in [1.165, 1.54) is 31.5 Å². The highest BCUT2D eigenvalue weighted by atomic mass is 19.1. The number of hydrogen-bond acceptors (Lipinski definition) is 5. The fourth-order valence-corrected chi connectivity index (χ4v) is 3.13. The first-order valence-electron chi connectivity index (χ1n) is 9.23. The molecule has 0 radical (unpaired) electrons. The van der Waals surface area contributed by atoms with Crippen LogP contribution >= 0.6 is 0 Å². The molecule has 7 nitrogen and oxygen atoms in total. The molecule has 0 aliphatic heterocycles. The lowest BCUT2D eigenvalue weighted by atomic mass is 10.1. The van der Waals surface area contributed by atoms with E-state index < -0.39 is 18.0 Å². The number of aryl methyl sites for hydroxylation is 1. The van der Waals surface area contributed by atoms with Gasteiger partial charge in [-0.2, -0.15) is 0 Å². The van der Waals surface area contributed by atoms with Gasteiger partial charge in [-0.1, -0.05) is 6.08 Å². The monoisotopic (exact) mass is 411 g/mol. The number of fused-ring (bicyclic) bond motifs is 1. The first-order valence-corrected chi connectivity index (χ1v) is 9.23. The SMILES string of the molecule is CNC(=O)c1cc(Oc2ccc3c(c2)nc(NC2C=CC(F)=CC2F)n3C)ccn1. The Hall–Kier alpha value is -3.75. The van der Waals surface area contributed by atoms with Crippen molar-refractivity contribution in [2.75, 3.05) is 12.4 Å². The topological polar surface area (TPSA) is 81.1 Å². The van der Waals surface area contributed by atoms with Gasteiger partial charge < -0.3 is 19.9 Å². The minimum atomic E-state index is -1.49. The van der Waals surface area contributed by atoms with Crippen LogP contribution in [-0.2, 0) is 7.05 Å². The van der Waals surface area contributed by atoms with Crippen LogP contribution in [0.3, 0.4) is 0 Å². The molecule has 2 unspecified atom stereocenters. The molecule has 3 aromatic rings. The number of rotatable bonds is 5. The number of allylic oxidation sites excluding steroid dienone is 2. The smallest absolute Gasteiger partial charge is 0.269 e. The van der Waals surface area contributed by atoms with Gasteiger partial charge in [0.05, 0.1) is 17.1 Å². The largest absolute Gasteiger partial charge is 0.457 e. The molecule has 0 saturated heterocycles. The number of benzene rings is 1. The first kappa shape index (κ1) is 19.6. The zero-order chi connectivity index (χ0) is 21.3. The molecule has 1 aromatic carbocycles. The van der Waals surface area contributed by atoms with Gasteiger partial charge in [0.15, 0.2) is 0 Å². The Bertz CT molecular complexity index is 1170. The van der Waals surface area contributed by atoms with Gasteiger partial charge in [-0.15, -0.1) is 0 Å². The summed E-state index contributed by atoms with van der Waals surface area (Å²) in [5.41, 5.74) is 1.68. The summed E-state index contributed by atoms with van der Waals surface area (Å²) in [5, 5.41) is 5.50. The molecule has 1 amide bonds. The number of nitrogens with one attached hydrogen (secondary N) is 2. The Kier molecular flexibility index (Phi) is 5.18. The van der Waals surface area contributed by atoms with Gasteiger partial charge in [0.2, 0.25) is 5.95 Å². The third kappa shape index (κ3) is 3.86. The normalized spacial score (nSPS) is 18.2. The van der Waals surface area contributed by atoms with Crippen molar-refractivity contribution < 1.29 is 18.3 Å². The molecule has 0 saturated carbocycles. The van der Waals surface area contributed by atoms with E-state index in [1.54, 1.807) is 29.8 Å². The van der Waals surface area contributed by atoms with E-state index >= 15 is 0 Å². The van der Waals surface area contributed by atoms with E-state index in [0.717, 1.165) is 11.6 Å². The minimum absolute atomic E-state index is 0.243. The molecule has 0 bridgehead atoms. The Morgan fingerprint density at radius 1 is 1.23 bits per heavy atom. The second kappa shape index (κ2) is 7.94. The van der Waals surface area contributed by atoms with Gasteiger partial charge in [-0.25, -0.2) is 13.8 Å². The molecule has 9 heteroatoms. The molecule has 2 atom stereocenters. The zero-order valence-corrected chi connectivity index (χ0v) is 16.3. The fourth-order valence-electron chi connectivity index (χ4n) is 3.13. The maximum Gasteiger partial charge on any atom is 0.269 e. The third-order valence-corrected chi connectivity index (χ3v) is 4.70. The van der Waals surface area contributed by atoms with Crippen LogP contribution in [0.2, 0.25) is 0 Å². The van der Waals surface area contributed by atoms with Crippen LogP contribution in [0, 0.1) is 0 Å². The number of carbonyl (C=O) groups is 1. The summed E-state index contributed by atoms with van der Waals surface area (Å²) in [7, 11) is 3.33. The van der Waals surface area contributed by atoms with Crippen molar-refractivity contribution in [2.24, 2.45) is 7.05 Å². The lowest BCUT2D eigenvalue weighted by molar-refractivity contribution is 0.0958. The first-order chi connectivity index (χ1) is 14.4. The summed E-state index contributed by atoms with van der Waals surface area (Å²) in [6, 6.07) is 7.81. The van der Waals surface area contributed by atoms with Crippen molar-refractivity contribution in [3.8, 4) is 11.5 Å². The van der Waals surface area contributed by atoms with Gasteiger partial charge in [-0.3, -0.25) is 9.78 Å². The molecular formula is C21H19F2N5O2. The average molecular weight is 411 g/mol. The molecule has 30 heavy (non-hydrogen) atoms. The Labute approximate surface area is 171 Å². The predicted molar refractivity (Wildman–Crippen MR) is 109 cm³/mol. The van der Waals surface area contributed by atoms with Crippen molar-refractivity contribution in [3.63, 3.8) is 0 Å². The molecule has 4 rings (SSSR count). The van der Waals surface area contributed by atoms with Crippen LogP contribution in [-0.4, -0.2) is 39.7 Å². The highest BCUT2D eigenvalue weighted by molar-refractivity contribution is 5.92. The van der Waals surface area contributed by atoms with Gasteiger partial charge in [-0.05, 0) is 30.4 Å². The maximum absolute atomic E-state index is 14.1. The minimum Gasteiger partial charge on any atom is -0.457 e. The number of aromatic nitrogens is 3. The molecule has 2 heterocycles. The van der Waals surface area contributed by atoms with E-state index in [2.05, 4.69) is 20.6 Å². The summed E-state index contributed by atoms with van der Waals surface area (Å²) in [6.07, 6.45) is 3.58. The van der Waals surface area contributed by atoms with Crippen molar-refractivity contribution in [1.29, 1.82) is 0 Å². The number of hydrogen-bond donors (Lipinski definition) is 2. The fraction of sp³-hybridized carbons (Fsp3) is 0.190. The molecular weight excluding hydrogens is 392 g/mol. The summed E-state index contributed by atoms with van der Waals surface area (Å²) in [6.45, 7) is 0. The van der Waals surface area contributed by atoms with Gasteiger partial charge in [0, 0.05) is 32.4 Å².